The van der Waals surface area contributed by atoms with Gasteiger partial charge in [0.1, 0.15) is 0 Å². The number of nitrogens with zero attached hydrogens (tertiary/aromatic N) is 1. The van der Waals surface area contributed by atoms with Crippen molar-refractivity contribution < 1.29 is 14.5 Å². The Kier molecular flexibility index (Phi) is 7.79. The molecule has 2 N–H and O–H groups in total. The highest BCUT2D eigenvalue weighted by Gasteiger charge is 2.16. The van der Waals surface area contributed by atoms with Crippen LogP contribution in [-0.2, 0) is 16.0 Å². The zero-order chi connectivity index (χ0) is 15.1. The molecule has 0 spiro atoms. The Hall–Kier alpha value is -1.70. The summed E-state index contributed by atoms with van der Waals surface area (Å²) >= 11 is 0. The number of carbonyl (C=O) groups excluding carboxylic acids is 1. The van der Waals surface area contributed by atoms with Gasteiger partial charge in [0.25, 0.3) is 5.69 Å². The predicted octanol–water partition coefficient (Wildman–Crippen LogP) is 1.05. The normalized spacial score (nSPS) is 17.4. The standard InChI is InChI=1S/C14H19N3O4.ClH/c18-14(9-12-10-21-8-7-15-12)16-6-5-11-1-3-13(4-2-11)17(19)20;/h1-4,12,15H,5-10H2,(H,16,18);1H. The second kappa shape index (κ2) is 9.34. The summed E-state index contributed by atoms with van der Waals surface area (Å²) < 4.78 is 5.29. The number of hydrogen-bond donors (Lipinski definition) is 2. The van der Waals surface area contributed by atoms with Gasteiger partial charge in [0.05, 0.1) is 18.1 Å². The Morgan fingerprint density at radius 1 is 1.41 bits per heavy atom. The van der Waals surface area contributed by atoms with Gasteiger partial charge in [-0.3, -0.25) is 14.9 Å². The summed E-state index contributed by atoms with van der Waals surface area (Å²) in [7, 11) is 0. The maximum Gasteiger partial charge on any atom is 0.269 e. The fourth-order valence-corrected chi connectivity index (χ4v) is 2.18. The minimum atomic E-state index is -0.426. The van der Waals surface area contributed by atoms with Crippen LogP contribution >= 0.6 is 12.4 Å². The van der Waals surface area contributed by atoms with E-state index in [1.54, 1.807) is 12.1 Å². The second-order valence-electron chi connectivity index (χ2n) is 4.95. The number of nitro groups is 1. The molecule has 0 saturated carbocycles. The molecular weight excluding hydrogens is 310 g/mol. The highest BCUT2D eigenvalue weighted by atomic mass is 35.5. The van der Waals surface area contributed by atoms with Crippen LogP contribution in [0.3, 0.4) is 0 Å². The zero-order valence-corrected chi connectivity index (χ0v) is 12.9. The first-order chi connectivity index (χ1) is 10.1. The molecule has 1 aromatic rings. The van der Waals surface area contributed by atoms with Crippen molar-refractivity contribution in [1.29, 1.82) is 0 Å². The lowest BCUT2D eigenvalue weighted by molar-refractivity contribution is -0.384. The summed E-state index contributed by atoms with van der Waals surface area (Å²) in [6.07, 6.45) is 1.05. The van der Waals surface area contributed by atoms with E-state index >= 15 is 0 Å². The van der Waals surface area contributed by atoms with Crippen molar-refractivity contribution in [2.75, 3.05) is 26.3 Å². The Balaban J connectivity index is 0.00000242. The first kappa shape index (κ1) is 18.3. The molecule has 1 amide bonds. The molecule has 1 fully saturated rings. The summed E-state index contributed by atoms with van der Waals surface area (Å²) in [6.45, 7) is 2.55. The molecule has 1 unspecified atom stereocenters. The molecule has 2 rings (SSSR count). The molecule has 1 saturated heterocycles. The molecule has 1 aromatic carbocycles. The SMILES string of the molecule is Cl.O=C(CC1COCCN1)NCCc1ccc([N+](=O)[O-])cc1. The summed E-state index contributed by atoms with van der Waals surface area (Å²) in [5.41, 5.74) is 1.03. The number of morpholine rings is 1. The molecular formula is C14H20ClN3O4. The number of rotatable bonds is 6. The number of halogens is 1. The molecule has 1 aliphatic rings. The topological polar surface area (TPSA) is 93.5 Å². The average Bonchev–Trinajstić information content (AvgIpc) is 2.49. The van der Waals surface area contributed by atoms with E-state index in [4.69, 9.17) is 4.74 Å². The second-order valence-corrected chi connectivity index (χ2v) is 4.95. The van der Waals surface area contributed by atoms with Crippen LogP contribution in [0.15, 0.2) is 24.3 Å². The lowest BCUT2D eigenvalue weighted by Gasteiger charge is -2.23. The van der Waals surface area contributed by atoms with Gasteiger partial charge < -0.3 is 15.4 Å². The molecule has 22 heavy (non-hydrogen) atoms. The van der Waals surface area contributed by atoms with Crippen LogP contribution in [0.1, 0.15) is 12.0 Å². The lowest BCUT2D eigenvalue weighted by atomic mass is 10.1. The van der Waals surface area contributed by atoms with Gasteiger partial charge in [-0.2, -0.15) is 0 Å². The molecule has 0 bridgehead atoms. The maximum atomic E-state index is 11.7. The van der Waals surface area contributed by atoms with Gasteiger partial charge in [0.15, 0.2) is 0 Å². The molecule has 0 aromatic heterocycles. The third-order valence-corrected chi connectivity index (χ3v) is 3.31. The van der Waals surface area contributed by atoms with Crippen molar-refractivity contribution in [3.8, 4) is 0 Å². The van der Waals surface area contributed by atoms with Gasteiger partial charge in [0.2, 0.25) is 5.91 Å². The van der Waals surface area contributed by atoms with E-state index in [1.807, 2.05) is 0 Å². The number of benzene rings is 1. The molecule has 1 aliphatic heterocycles. The molecule has 0 aliphatic carbocycles. The van der Waals surface area contributed by atoms with Gasteiger partial charge >= 0.3 is 0 Å². The fourth-order valence-electron chi connectivity index (χ4n) is 2.18. The van der Waals surface area contributed by atoms with Crippen LogP contribution in [0.2, 0.25) is 0 Å². The van der Waals surface area contributed by atoms with E-state index in [9.17, 15) is 14.9 Å². The van der Waals surface area contributed by atoms with Crippen LogP contribution in [0.25, 0.3) is 0 Å². The average molecular weight is 330 g/mol. The summed E-state index contributed by atoms with van der Waals surface area (Å²) in [5.74, 6) is -0.0140. The number of hydrogen-bond acceptors (Lipinski definition) is 5. The number of ether oxygens (including phenoxy) is 1. The molecule has 1 heterocycles. The minimum Gasteiger partial charge on any atom is -0.378 e. The largest absolute Gasteiger partial charge is 0.378 e. The van der Waals surface area contributed by atoms with Crippen molar-refractivity contribution in [2.24, 2.45) is 0 Å². The van der Waals surface area contributed by atoms with Crippen LogP contribution < -0.4 is 10.6 Å². The summed E-state index contributed by atoms with van der Waals surface area (Å²) in [4.78, 5) is 21.9. The van der Waals surface area contributed by atoms with E-state index in [-0.39, 0.29) is 30.0 Å². The number of carbonyl (C=O) groups is 1. The molecule has 0 radical (unpaired) electrons. The quantitative estimate of drug-likeness (QED) is 0.601. The monoisotopic (exact) mass is 329 g/mol. The van der Waals surface area contributed by atoms with E-state index in [0.717, 1.165) is 12.1 Å². The lowest BCUT2D eigenvalue weighted by Crippen LogP contribution is -2.44. The van der Waals surface area contributed by atoms with Crippen LogP contribution in [-0.4, -0.2) is 43.2 Å². The van der Waals surface area contributed by atoms with E-state index in [1.165, 1.54) is 12.1 Å². The third-order valence-electron chi connectivity index (χ3n) is 3.31. The summed E-state index contributed by atoms with van der Waals surface area (Å²) in [6, 6.07) is 6.45. The number of amides is 1. The third kappa shape index (κ3) is 5.97. The van der Waals surface area contributed by atoms with Crippen LogP contribution in [0.5, 0.6) is 0 Å². The van der Waals surface area contributed by atoms with Crippen LogP contribution in [0, 0.1) is 10.1 Å². The molecule has 8 heteroatoms. The van der Waals surface area contributed by atoms with Crippen LogP contribution in [0.4, 0.5) is 5.69 Å². The first-order valence-electron chi connectivity index (χ1n) is 6.96. The highest BCUT2D eigenvalue weighted by Crippen LogP contribution is 2.11. The number of non-ortho nitro benzene ring substituents is 1. The van der Waals surface area contributed by atoms with E-state index in [0.29, 0.717) is 32.6 Å². The maximum absolute atomic E-state index is 11.7. The Morgan fingerprint density at radius 3 is 2.73 bits per heavy atom. The molecule has 7 nitrogen and oxygen atoms in total. The van der Waals surface area contributed by atoms with Gasteiger partial charge in [-0.15, -0.1) is 12.4 Å². The predicted molar refractivity (Wildman–Crippen MR) is 84.3 cm³/mol. The van der Waals surface area contributed by atoms with Gasteiger partial charge in [-0.05, 0) is 12.0 Å². The molecule has 1 atom stereocenters. The van der Waals surface area contributed by atoms with Gasteiger partial charge in [-0.1, -0.05) is 12.1 Å². The van der Waals surface area contributed by atoms with E-state index in [2.05, 4.69) is 10.6 Å². The Morgan fingerprint density at radius 2 is 2.14 bits per heavy atom. The smallest absolute Gasteiger partial charge is 0.269 e. The minimum absolute atomic E-state index is 0. The van der Waals surface area contributed by atoms with Gasteiger partial charge in [-0.25, -0.2) is 0 Å². The highest BCUT2D eigenvalue weighted by molar-refractivity contribution is 5.85. The van der Waals surface area contributed by atoms with Crippen molar-refractivity contribution in [3.05, 3.63) is 39.9 Å². The Labute approximate surface area is 135 Å². The Bertz CT molecular complexity index is 489. The van der Waals surface area contributed by atoms with Crippen molar-refractivity contribution in [1.82, 2.24) is 10.6 Å². The number of nitro benzene ring substituents is 1. The van der Waals surface area contributed by atoms with Crippen molar-refractivity contribution >= 4 is 24.0 Å². The van der Waals surface area contributed by atoms with Crippen molar-refractivity contribution in [2.45, 2.75) is 18.9 Å². The summed E-state index contributed by atoms with van der Waals surface area (Å²) in [5, 5.41) is 16.6. The first-order valence-corrected chi connectivity index (χ1v) is 6.96. The zero-order valence-electron chi connectivity index (χ0n) is 12.1. The van der Waals surface area contributed by atoms with E-state index < -0.39 is 4.92 Å². The van der Waals surface area contributed by atoms with Crippen molar-refractivity contribution in [3.63, 3.8) is 0 Å². The molecule has 122 valence electrons. The van der Waals surface area contributed by atoms with Gasteiger partial charge in [0, 0.05) is 37.7 Å². The number of nitrogens with one attached hydrogen (secondary N) is 2. The fraction of sp³-hybridized carbons (Fsp3) is 0.500.